The first-order chi connectivity index (χ1) is 11.7. The van der Waals surface area contributed by atoms with Gasteiger partial charge in [0.25, 0.3) is 0 Å². The van der Waals surface area contributed by atoms with Gasteiger partial charge < -0.3 is 14.1 Å². The van der Waals surface area contributed by atoms with E-state index >= 15 is 0 Å². The zero-order valence-electron chi connectivity index (χ0n) is 18.5. The molecule has 152 valence electrons. The Morgan fingerprint density at radius 1 is 0.600 bits per heavy atom. The Morgan fingerprint density at radius 2 is 1.00 bits per heavy atom. The highest BCUT2D eigenvalue weighted by Crippen LogP contribution is 2.13. The summed E-state index contributed by atoms with van der Waals surface area (Å²) in [5.74, 6) is 0. The van der Waals surface area contributed by atoms with Gasteiger partial charge in [-0.15, -0.1) is 0 Å². The van der Waals surface area contributed by atoms with Crippen molar-refractivity contribution in [2.45, 2.75) is 90.1 Å². The molecule has 1 N–H and O–H groups in total. The van der Waals surface area contributed by atoms with Gasteiger partial charge in [0.2, 0.25) is 0 Å². The third-order valence-electron chi connectivity index (χ3n) is 5.08. The quantitative estimate of drug-likeness (QED) is 0.292. The fourth-order valence-electron chi connectivity index (χ4n) is 3.73. The molecule has 3 nitrogen and oxygen atoms in total. The molecule has 0 amide bonds. The summed E-state index contributed by atoms with van der Waals surface area (Å²) in [6, 6.07) is 0. The number of likely N-dealkylation sites (N-methyl/N-ethyl adjacent to an activating group) is 2. The van der Waals surface area contributed by atoms with Crippen molar-refractivity contribution in [2.75, 3.05) is 54.9 Å². The van der Waals surface area contributed by atoms with E-state index in [-0.39, 0.29) is 6.10 Å². The first-order valence-corrected chi connectivity index (χ1v) is 11.0. The molecule has 1 unspecified atom stereocenters. The molecule has 0 aliphatic rings. The molecule has 0 spiro atoms. The minimum Gasteiger partial charge on any atom is -0.382 e. The van der Waals surface area contributed by atoms with Gasteiger partial charge in [-0.2, -0.15) is 0 Å². The van der Waals surface area contributed by atoms with E-state index in [2.05, 4.69) is 42.2 Å². The first kappa shape index (κ1) is 24.9. The van der Waals surface area contributed by atoms with Crippen LogP contribution in [0.3, 0.4) is 0 Å². The monoisotopic (exact) mass is 358 g/mol. The molecule has 1 atom stereocenters. The van der Waals surface area contributed by atoms with Crippen molar-refractivity contribution in [3.63, 3.8) is 0 Å². The topological polar surface area (TPSA) is 20.2 Å². The Labute approximate surface area is 159 Å². The number of nitrogens with zero attached hydrogens (tertiary/aromatic N) is 2. The maximum absolute atomic E-state index is 10.3. The number of aliphatic hydroxyl groups is 1. The Kier molecular flexibility index (Phi) is 13.9. The molecule has 0 aromatic heterocycles. The van der Waals surface area contributed by atoms with Crippen molar-refractivity contribution in [3.05, 3.63) is 0 Å². The van der Waals surface area contributed by atoms with Crippen molar-refractivity contribution >= 4 is 0 Å². The number of hydrogen-bond acceptors (Lipinski definition) is 1. The summed E-state index contributed by atoms with van der Waals surface area (Å²) in [6.07, 6.45) is 16.6. The second-order valence-electron chi connectivity index (χ2n) is 9.86. The molecule has 0 aromatic carbocycles. The first-order valence-electron chi connectivity index (χ1n) is 11.0. The Bertz CT molecular complexity index is 297. The van der Waals surface area contributed by atoms with E-state index in [0.29, 0.717) is 0 Å². The lowest BCUT2D eigenvalue weighted by Gasteiger charge is -2.34. The molecule has 0 bridgehead atoms. The van der Waals surface area contributed by atoms with E-state index in [9.17, 15) is 5.11 Å². The zero-order chi connectivity index (χ0) is 19.2. The number of hydrogen-bond donors (Lipinski definition) is 1. The van der Waals surface area contributed by atoms with E-state index < -0.39 is 0 Å². The summed E-state index contributed by atoms with van der Waals surface area (Å²) in [6.45, 7) is 5.17. The van der Waals surface area contributed by atoms with Gasteiger partial charge in [-0.25, -0.2) is 0 Å². The molecule has 0 saturated carbocycles. The van der Waals surface area contributed by atoms with Crippen molar-refractivity contribution < 1.29 is 14.1 Å². The van der Waals surface area contributed by atoms with Gasteiger partial charge >= 0.3 is 0 Å². The lowest BCUT2D eigenvalue weighted by molar-refractivity contribution is -0.907. The average molecular weight is 359 g/mol. The minimum atomic E-state index is -0.202. The van der Waals surface area contributed by atoms with E-state index in [4.69, 9.17) is 0 Å². The summed E-state index contributed by atoms with van der Waals surface area (Å²) in [5.41, 5.74) is 0. The molecule has 0 radical (unpaired) electrons. The summed E-state index contributed by atoms with van der Waals surface area (Å²) >= 11 is 0. The van der Waals surface area contributed by atoms with E-state index in [1.165, 1.54) is 83.6 Å². The fraction of sp³-hybridized carbons (Fsp3) is 1.00. The zero-order valence-corrected chi connectivity index (χ0v) is 18.5. The van der Waals surface area contributed by atoms with Crippen LogP contribution < -0.4 is 0 Å². The summed E-state index contributed by atoms with van der Waals surface area (Å²) < 4.78 is 1.78. The molecular formula is C22H50N2O+2. The van der Waals surface area contributed by atoms with Gasteiger partial charge in [0.15, 0.2) is 6.10 Å². The second-order valence-corrected chi connectivity index (χ2v) is 9.86. The number of rotatable bonds is 17. The summed E-state index contributed by atoms with van der Waals surface area (Å²) in [7, 11) is 11.0. The third kappa shape index (κ3) is 18.5. The van der Waals surface area contributed by atoms with Crippen LogP contribution in [0, 0.1) is 0 Å². The normalized spacial score (nSPS) is 14.0. The lowest BCUT2D eigenvalue weighted by atomic mass is 10.1. The molecule has 0 aromatic rings. The van der Waals surface area contributed by atoms with Gasteiger partial charge in [0.1, 0.15) is 13.1 Å². The van der Waals surface area contributed by atoms with E-state index in [1.807, 2.05) is 0 Å². The van der Waals surface area contributed by atoms with E-state index in [0.717, 1.165) is 22.1 Å². The Balaban J connectivity index is 3.51. The largest absolute Gasteiger partial charge is 0.382 e. The highest BCUT2D eigenvalue weighted by Gasteiger charge is 2.24. The van der Waals surface area contributed by atoms with Gasteiger partial charge in [-0.05, 0) is 12.8 Å². The van der Waals surface area contributed by atoms with Crippen LogP contribution in [-0.4, -0.2) is 75.0 Å². The van der Waals surface area contributed by atoms with Crippen LogP contribution in [0.4, 0.5) is 0 Å². The van der Waals surface area contributed by atoms with Gasteiger partial charge in [-0.1, -0.05) is 71.1 Å². The van der Waals surface area contributed by atoms with Crippen LogP contribution in [0.5, 0.6) is 0 Å². The molecule has 0 aliphatic heterocycles. The number of quaternary nitrogens is 2. The van der Waals surface area contributed by atoms with Crippen LogP contribution in [0.1, 0.15) is 84.0 Å². The summed E-state index contributed by atoms with van der Waals surface area (Å²) in [4.78, 5) is 0. The van der Waals surface area contributed by atoms with Crippen molar-refractivity contribution in [3.8, 4) is 0 Å². The third-order valence-corrected chi connectivity index (χ3v) is 5.08. The average Bonchev–Trinajstić information content (AvgIpc) is 2.45. The highest BCUT2D eigenvalue weighted by atomic mass is 16.3. The summed E-state index contributed by atoms with van der Waals surface area (Å²) in [5, 5.41) is 10.3. The SMILES string of the molecule is CCCCCCCCCCCCCC[N+](C)(C)CC(O)C[N+](C)(C)C. The maximum atomic E-state index is 10.3. The molecule has 0 fully saturated rings. The van der Waals surface area contributed by atoms with Crippen LogP contribution in [0.2, 0.25) is 0 Å². The van der Waals surface area contributed by atoms with Gasteiger partial charge in [-0.3, -0.25) is 0 Å². The van der Waals surface area contributed by atoms with Crippen LogP contribution in [-0.2, 0) is 0 Å². The molecule has 0 rings (SSSR count). The second kappa shape index (κ2) is 14.0. The molecule has 25 heavy (non-hydrogen) atoms. The van der Waals surface area contributed by atoms with Crippen LogP contribution >= 0.6 is 0 Å². The fourth-order valence-corrected chi connectivity index (χ4v) is 3.73. The standard InChI is InChI=1S/C22H50N2O/c1-7-8-9-10-11-12-13-14-15-16-17-18-19-24(5,6)21-22(25)20-23(2,3)4/h22,25H,7-21H2,1-6H3/q+2. The maximum Gasteiger partial charge on any atom is 0.152 e. The Morgan fingerprint density at radius 3 is 1.40 bits per heavy atom. The molecule has 0 saturated heterocycles. The van der Waals surface area contributed by atoms with Crippen molar-refractivity contribution in [1.82, 2.24) is 0 Å². The van der Waals surface area contributed by atoms with Gasteiger partial charge in [0.05, 0.1) is 41.8 Å². The highest BCUT2D eigenvalue weighted by molar-refractivity contribution is 4.53. The van der Waals surface area contributed by atoms with Crippen LogP contribution in [0.25, 0.3) is 0 Å². The lowest BCUT2D eigenvalue weighted by Crippen LogP contribution is -2.51. The van der Waals surface area contributed by atoms with Crippen molar-refractivity contribution in [2.24, 2.45) is 0 Å². The predicted octanol–water partition coefficient (Wildman–Crippen LogP) is 4.83. The van der Waals surface area contributed by atoms with Gasteiger partial charge in [0, 0.05) is 0 Å². The molecule has 0 heterocycles. The van der Waals surface area contributed by atoms with Crippen LogP contribution in [0.15, 0.2) is 0 Å². The molecule has 0 aliphatic carbocycles. The van der Waals surface area contributed by atoms with E-state index in [1.54, 1.807) is 0 Å². The smallest absolute Gasteiger partial charge is 0.152 e. The minimum absolute atomic E-state index is 0.202. The molecule has 3 heteroatoms. The molecular weight excluding hydrogens is 308 g/mol. The van der Waals surface area contributed by atoms with Crippen molar-refractivity contribution in [1.29, 1.82) is 0 Å². The number of unbranched alkanes of at least 4 members (excludes halogenated alkanes) is 11. The predicted molar refractivity (Wildman–Crippen MR) is 112 cm³/mol. The number of aliphatic hydroxyl groups excluding tert-OH is 1. The Hall–Kier alpha value is -0.120.